The van der Waals surface area contributed by atoms with Crippen LogP contribution in [0, 0.1) is 6.92 Å². The van der Waals surface area contributed by atoms with Gasteiger partial charge in [0.1, 0.15) is 5.76 Å². The smallest absolute Gasteiger partial charge is 0.226 e. The van der Waals surface area contributed by atoms with Gasteiger partial charge in [0.2, 0.25) is 15.9 Å². The molecule has 2 aromatic rings. The minimum absolute atomic E-state index is 0.145. The quantitative estimate of drug-likeness (QED) is 0.831. The molecule has 2 rings (SSSR count). The van der Waals surface area contributed by atoms with Crippen molar-refractivity contribution in [1.29, 1.82) is 0 Å². The Morgan fingerprint density at radius 3 is 2.61 bits per heavy atom. The summed E-state index contributed by atoms with van der Waals surface area (Å²) in [6, 6.07) is 10.8. The third-order valence-electron chi connectivity index (χ3n) is 3.21. The number of hydrogen-bond acceptors (Lipinski definition) is 5. The lowest BCUT2D eigenvalue weighted by Crippen LogP contribution is -2.30. The van der Waals surface area contributed by atoms with Crippen molar-refractivity contribution in [2.24, 2.45) is 0 Å². The molecule has 8 heteroatoms. The zero-order valence-corrected chi connectivity index (χ0v) is 13.8. The van der Waals surface area contributed by atoms with E-state index in [4.69, 9.17) is 4.52 Å². The minimum Gasteiger partial charge on any atom is -0.360 e. The normalized spacial score (nSPS) is 11.6. The van der Waals surface area contributed by atoms with Crippen LogP contribution in [0.25, 0.3) is 0 Å². The maximum Gasteiger partial charge on any atom is 0.226 e. The second-order valence-electron chi connectivity index (χ2n) is 5.18. The maximum atomic E-state index is 12.2. The molecule has 0 aliphatic heterocycles. The molecule has 1 amide bonds. The van der Waals surface area contributed by atoms with Crippen LogP contribution in [0.15, 0.2) is 40.9 Å². The monoisotopic (exact) mass is 337 g/mol. The Labute approximate surface area is 135 Å². The fraction of sp³-hybridized carbons (Fsp3) is 0.333. The van der Waals surface area contributed by atoms with E-state index in [1.54, 1.807) is 13.0 Å². The van der Waals surface area contributed by atoms with Gasteiger partial charge in [0.05, 0.1) is 5.75 Å². The van der Waals surface area contributed by atoms with E-state index in [2.05, 4.69) is 10.5 Å². The predicted octanol–water partition coefficient (Wildman–Crippen LogP) is 1.77. The lowest BCUT2D eigenvalue weighted by atomic mass is 10.2. The average Bonchev–Trinajstić information content (AvgIpc) is 2.91. The van der Waals surface area contributed by atoms with Crippen molar-refractivity contribution in [2.45, 2.75) is 19.9 Å². The first-order valence-electron chi connectivity index (χ1n) is 7.08. The Bertz CT molecular complexity index is 756. The van der Waals surface area contributed by atoms with E-state index >= 15 is 0 Å². The van der Waals surface area contributed by atoms with Gasteiger partial charge in [0.15, 0.2) is 5.82 Å². The van der Waals surface area contributed by atoms with Gasteiger partial charge < -0.3 is 9.84 Å². The summed E-state index contributed by atoms with van der Waals surface area (Å²) < 4.78 is 30.5. The summed E-state index contributed by atoms with van der Waals surface area (Å²) in [6.45, 7) is 1.97. The van der Waals surface area contributed by atoms with Gasteiger partial charge >= 0.3 is 0 Å². The first-order chi connectivity index (χ1) is 10.9. The number of amides is 1. The molecule has 0 atom stereocenters. The summed E-state index contributed by atoms with van der Waals surface area (Å²) in [4.78, 5) is 11.8. The second kappa shape index (κ2) is 7.38. The Balaban J connectivity index is 1.86. The molecule has 0 radical (unpaired) electrons. The van der Waals surface area contributed by atoms with Gasteiger partial charge in [-0.1, -0.05) is 35.5 Å². The van der Waals surface area contributed by atoms with Crippen LogP contribution in [0.1, 0.15) is 17.7 Å². The van der Waals surface area contributed by atoms with E-state index in [1.165, 1.54) is 11.4 Å². The number of rotatable bonds is 7. The van der Waals surface area contributed by atoms with E-state index in [0.717, 1.165) is 5.56 Å². The molecule has 23 heavy (non-hydrogen) atoms. The Hall–Kier alpha value is -2.19. The third kappa shape index (κ3) is 5.19. The number of hydrogen-bond donors (Lipinski definition) is 1. The molecular weight excluding hydrogens is 318 g/mol. The molecule has 0 unspecified atom stereocenters. The van der Waals surface area contributed by atoms with Crippen LogP contribution in [0.4, 0.5) is 5.82 Å². The highest BCUT2D eigenvalue weighted by molar-refractivity contribution is 7.89. The van der Waals surface area contributed by atoms with E-state index in [-0.39, 0.29) is 24.5 Å². The van der Waals surface area contributed by atoms with Crippen LogP contribution in [-0.4, -0.2) is 36.6 Å². The van der Waals surface area contributed by atoms with Crippen LogP contribution in [-0.2, 0) is 21.4 Å². The summed E-state index contributed by atoms with van der Waals surface area (Å²) in [5, 5.41) is 6.12. The predicted molar refractivity (Wildman–Crippen MR) is 86.2 cm³/mol. The number of carbonyl (C=O) groups excluding carboxylic acids is 1. The fourth-order valence-electron chi connectivity index (χ4n) is 1.95. The van der Waals surface area contributed by atoms with Gasteiger partial charge in [-0.3, -0.25) is 4.79 Å². The molecule has 0 bridgehead atoms. The third-order valence-corrected chi connectivity index (χ3v) is 5.00. The van der Waals surface area contributed by atoms with E-state index < -0.39 is 15.9 Å². The molecule has 0 saturated carbocycles. The zero-order valence-electron chi connectivity index (χ0n) is 13.0. The number of nitrogens with zero attached hydrogens (tertiary/aromatic N) is 2. The maximum absolute atomic E-state index is 12.2. The van der Waals surface area contributed by atoms with Crippen LogP contribution in [0.3, 0.4) is 0 Å². The summed E-state index contributed by atoms with van der Waals surface area (Å²) in [6.07, 6.45) is -0.145. The van der Waals surface area contributed by atoms with E-state index in [9.17, 15) is 13.2 Å². The Kier molecular flexibility index (Phi) is 5.51. The molecule has 0 fully saturated rings. The summed E-state index contributed by atoms with van der Waals surface area (Å²) in [5.41, 5.74) is 0.890. The molecule has 1 aromatic carbocycles. The summed E-state index contributed by atoms with van der Waals surface area (Å²) >= 11 is 0. The zero-order chi connectivity index (χ0) is 16.9. The van der Waals surface area contributed by atoms with Gasteiger partial charge in [-0.05, 0) is 12.5 Å². The van der Waals surface area contributed by atoms with Gasteiger partial charge in [0.25, 0.3) is 0 Å². The van der Waals surface area contributed by atoms with Crippen molar-refractivity contribution in [3.8, 4) is 0 Å². The highest BCUT2D eigenvalue weighted by Gasteiger charge is 2.20. The minimum atomic E-state index is -3.51. The molecule has 0 aliphatic rings. The Morgan fingerprint density at radius 2 is 2.00 bits per heavy atom. The molecule has 0 saturated heterocycles. The topological polar surface area (TPSA) is 92.5 Å². The van der Waals surface area contributed by atoms with Crippen LogP contribution in [0.5, 0.6) is 0 Å². The molecule has 1 heterocycles. The number of nitrogens with one attached hydrogen (secondary N) is 1. The number of anilines is 1. The Morgan fingerprint density at radius 1 is 1.30 bits per heavy atom. The van der Waals surface area contributed by atoms with Crippen molar-refractivity contribution in [1.82, 2.24) is 9.46 Å². The second-order valence-corrected chi connectivity index (χ2v) is 7.37. The first kappa shape index (κ1) is 17.2. The van der Waals surface area contributed by atoms with Crippen LogP contribution >= 0.6 is 0 Å². The van der Waals surface area contributed by atoms with E-state index in [1.807, 2.05) is 30.3 Å². The van der Waals surface area contributed by atoms with Crippen molar-refractivity contribution in [3.05, 3.63) is 47.7 Å². The van der Waals surface area contributed by atoms with Crippen molar-refractivity contribution in [3.63, 3.8) is 0 Å². The molecule has 7 nitrogen and oxygen atoms in total. The molecule has 0 aliphatic carbocycles. The number of carbonyl (C=O) groups is 1. The molecule has 0 spiro atoms. The largest absolute Gasteiger partial charge is 0.360 e. The summed E-state index contributed by atoms with van der Waals surface area (Å²) in [7, 11) is -2.01. The van der Waals surface area contributed by atoms with Crippen LogP contribution < -0.4 is 5.32 Å². The fourth-order valence-corrected chi connectivity index (χ4v) is 3.05. The van der Waals surface area contributed by atoms with Gasteiger partial charge in [0, 0.05) is 26.1 Å². The lowest BCUT2D eigenvalue weighted by molar-refractivity contribution is -0.115. The van der Waals surface area contributed by atoms with Crippen molar-refractivity contribution in [2.75, 3.05) is 18.1 Å². The van der Waals surface area contributed by atoms with Gasteiger partial charge in [-0.25, -0.2) is 12.7 Å². The van der Waals surface area contributed by atoms with E-state index in [0.29, 0.717) is 5.76 Å². The van der Waals surface area contributed by atoms with Gasteiger partial charge in [-0.2, -0.15) is 0 Å². The lowest BCUT2D eigenvalue weighted by Gasteiger charge is -2.17. The SMILES string of the molecule is Cc1cc(NC(=O)CCS(=O)(=O)N(C)Cc2ccccc2)no1. The average molecular weight is 337 g/mol. The summed E-state index contributed by atoms with van der Waals surface area (Å²) in [5.74, 6) is 0.159. The van der Waals surface area contributed by atoms with Crippen molar-refractivity contribution >= 4 is 21.7 Å². The number of benzene rings is 1. The van der Waals surface area contributed by atoms with Crippen molar-refractivity contribution < 1.29 is 17.7 Å². The van der Waals surface area contributed by atoms with Gasteiger partial charge in [-0.15, -0.1) is 0 Å². The standard InChI is InChI=1S/C15H19N3O4S/c1-12-10-14(17-22-12)16-15(19)8-9-23(20,21)18(2)11-13-6-4-3-5-7-13/h3-7,10H,8-9,11H2,1-2H3,(H,16,17,19). The number of aryl methyl sites for hydroxylation is 1. The van der Waals surface area contributed by atoms with Crippen LogP contribution in [0.2, 0.25) is 0 Å². The molecule has 1 aromatic heterocycles. The highest BCUT2D eigenvalue weighted by atomic mass is 32.2. The number of aromatic nitrogens is 1. The highest BCUT2D eigenvalue weighted by Crippen LogP contribution is 2.10. The first-order valence-corrected chi connectivity index (χ1v) is 8.69. The molecule has 124 valence electrons. The number of sulfonamides is 1. The molecule has 1 N–H and O–H groups in total. The molecular formula is C15H19N3O4S.